The Hall–Kier alpha value is -1.57. The fourth-order valence-electron chi connectivity index (χ4n) is 4.74. The van der Waals surface area contributed by atoms with Gasteiger partial charge in [-0.3, -0.25) is 0 Å². The van der Waals surface area contributed by atoms with Crippen molar-refractivity contribution in [1.29, 1.82) is 0 Å². The molecule has 2 aromatic carbocycles. The van der Waals surface area contributed by atoms with Gasteiger partial charge in [0.1, 0.15) is 11.5 Å². The minimum atomic E-state index is -1.29. The first-order valence-corrected chi connectivity index (χ1v) is 14.7. The maximum Gasteiger partial charge on any atom is 0.384 e. The van der Waals surface area contributed by atoms with Crippen molar-refractivity contribution >= 4 is 8.53 Å². The van der Waals surface area contributed by atoms with E-state index in [1.165, 1.54) is 33.4 Å². The molecule has 0 fully saturated rings. The van der Waals surface area contributed by atoms with Crippen molar-refractivity contribution in [2.75, 3.05) is 13.1 Å². The molecule has 0 bridgehead atoms. The zero-order valence-corrected chi connectivity index (χ0v) is 24.9. The molecule has 35 heavy (non-hydrogen) atoms. The van der Waals surface area contributed by atoms with Crippen LogP contribution in [0.3, 0.4) is 0 Å². The van der Waals surface area contributed by atoms with Crippen LogP contribution in [-0.4, -0.2) is 17.8 Å². The molecular weight excluding hydrogens is 449 g/mol. The van der Waals surface area contributed by atoms with E-state index in [4.69, 9.17) is 9.05 Å². The van der Waals surface area contributed by atoms with E-state index in [-0.39, 0.29) is 10.8 Å². The third kappa shape index (κ3) is 6.80. The first-order chi connectivity index (χ1) is 16.3. The number of nitrogens with zero attached hydrogens (tertiary/aromatic N) is 1. The van der Waals surface area contributed by atoms with Gasteiger partial charge < -0.3 is 9.05 Å². The number of aryl methyl sites for hydroxylation is 2. The Morgan fingerprint density at radius 1 is 0.714 bits per heavy atom. The summed E-state index contributed by atoms with van der Waals surface area (Å²) in [6, 6.07) is 9.28. The molecule has 0 unspecified atom stereocenters. The second-order valence-electron chi connectivity index (χ2n) is 12.4. The van der Waals surface area contributed by atoms with Crippen LogP contribution in [0.1, 0.15) is 114 Å². The van der Waals surface area contributed by atoms with E-state index in [2.05, 4.69) is 98.2 Å². The molecule has 0 aliphatic carbocycles. The van der Waals surface area contributed by atoms with Gasteiger partial charge in [-0.2, -0.15) is 0 Å². The summed E-state index contributed by atoms with van der Waals surface area (Å²) in [6.07, 6.45) is 5.45. The highest BCUT2D eigenvalue weighted by molar-refractivity contribution is 7.45. The molecule has 2 aromatic rings. The third-order valence-electron chi connectivity index (χ3n) is 6.73. The molecule has 0 N–H and O–H groups in total. The van der Waals surface area contributed by atoms with Crippen LogP contribution in [0.5, 0.6) is 11.5 Å². The molecule has 1 heterocycles. The molecule has 0 radical (unpaired) electrons. The van der Waals surface area contributed by atoms with Crippen molar-refractivity contribution in [2.24, 2.45) is 0 Å². The molecule has 3 nitrogen and oxygen atoms in total. The van der Waals surface area contributed by atoms with Gasteiger partial charge in [-0.1, -0.05) is 104 Å². The van der Waals surface area contributed by atoms with Crippen LogP contribution in [0.4, 0.5) is 0 Å². The summed E-state index contributed by atoms with van der Waals surface area (Å²) in [4.78, 5) is 0. The molecule has 194 valence electrons. The van der Waals surface area contributed by atoms with Gasteiger partial charge in [0.15, 0.2) is 0 Å². The average molecular weight is 498 g/mol. The van der Waals surface area contributed by atoms with Crippen molar-refractivity contribution < 1.29 is 9.05 Å². The molecular formula is C31H48NO2P. The summed E-state index contributed by atoms with van der Waals surface area (Å²) in [7, 11) is -1.29. The predicted molar refractivity (Wildman–Crippen MR) is 152 cm³/mol. The minimum Gasteiger partial charge on any atom is -0.426 e. The first-order valence-electron chi connectivity index (χ1n) is 13.5. The number of hydrogen-bond acceptors (Lipinski definition) is 3. The summed E-state index contributed by atoms with van der Waals surface area (Å²) in [5, 5.41) is 0. The predicted octanol–water partition coefficient (Wildman–Crippen LogP) is 9.39. The normalized spacial score (nSPS) is 14.6. The fraction of sp³-hybridized carbons (Fsp3) is 0.613. The zero-order chi connectivity index (χ0) is 26.0. The smallest absolute Gasteiger partial charge is 0.384 e. The van der Waals surface area contributed by atoms with Crippen LogP contribution < -0.4 is 9.05 Å². The Morgan fingerprint density at radius 3 is 1.46 bits per heavy atom. The van der Waals surface area contributed by atoms with Crippen LogP contribution in [0, 0.1) is 13.8 Å². The maximum absolute atomic E-state index is 7.03. The molecule has 0 saturated heterocycles. The van der Waals surface area contributed by atoms with Crippen molar-refractivity contribution in [1.82, 2.24) is 4.67 Å². The quantitative estimate of drug-likeness (QED) is 0.356. The number of hydrogen-bond donors (Lipinski definition) is 0. The van der Waals surface area contributed by atoms with Gasteiger partial charge in [-0.05, 0) is 48.6 Å². The van der Waals surface area contributed by atoms with Crippen LogP contribution in [0.15, 0.2) is 24.3 Å². The minimum absolute atomic E-state index is 0.0139. The number of unbranched alkanes of at least 4 members (excludes halogenated alkanes) is 2. The van der Waals surface area contributed by atoms with E-state index < -0.39 is 8.53 Å². The highest BCUT2D eigenvalue weighted by Gasteiger charge is 2.34. The second kappa shape index (κ2) is 11.2. The van der Waals surface area contributed by atoms with E-state index in [9.17, 15) is 0 Å². The lowest BCUT2D eigenvalue weighted by molar-refractivity contribution is 0.332. The molecule has 0 aromatic heterocycles. The third-order valence-corrected chi connectivity index (χ3v) is 8.27. The summed E-state index contributed by atoms with van der Waals surface area (Å²) in [5.41, 5.74) is 7.68. The molecule has 4 heteroatoms. The molecule has 1 aliphatic rings. The monoisotopic (exact) mass is 497 g/mol. The lowest BCUT2D eigenvalue weighted by Gasteiger charge is -2.36. The topological polar surface area (TPSA) is 21.7 Å². The van der Waals surface area contributed by atoms with Gasteiger partial charge in [0, 0.05) is 30.6 Å². The Balaban J connectivity index is 2.27. The largest absolute Gasteiger partial charge is 0.426 e. The summed E-state index contributed by atoms with van der Waals surface area (Å²) >= 11 is 0. The average Bonchev–Trinajstić information content (AvgIpc) is 2.73. The Morgan fingerprint density at radius 2 is 1.11 bits per heavy atom. The molecule has 0 amide bonds. The van der Waals surface area contributed by atoms with Gasteiger partial charge in [0.05, 0.1) is 0 Å². The van der Waals surface area contributed by atoms with Crippen LogP contribution in [0.25, 0.3) is 0 Å². The van der Waals surface area contributed by atoms with E-state index in [1.807, 2.05) is 0 Å². The number of benzene rings is 2. The van der Waals surface area contributed by atoms with Crippen molar-refractivity contribution in [3.63, 3.8) is 0 Å². The van der Waals surface area contributed by atoms with Crippen molar-refractivity contribution in [3.8, 4) is 11.5 Å². The summed E-state index contributed by atoms with van der Waals surface area (Å²) < 4.78 is 16.5. The van der Waals surface area contributed by atoms with Gasteiger partial charge in [-0.25, -0.2) is 4.67 Å². The zero-order valence-electron chi connectivity index (χ0n) is 24.0. The lowest BCUT2D eigenvalue weighted by atomic mass is 9.81. The standard InChI is InChI=1S/C31H48NO2P/c1-11-13-15-32(16-14-12-2)35-33-28-24(17-22(3)19-26(28)30(5,6)7)21-25-18-23(4)20-27(29(25)34-35)31(8,9)10/h17-20H,11-16,21H2,1-10H3. The highest BCUT2D eigenvalue weighted by atomic mass is 31.2. The lowest BCUT2D eigenvalue weighted by Crippen LogP contribution is -2.28. The molecule has 3 rings (SSSR count). The summed E-state index contributed by atoms with van der Waals surface area (Å²) in [5.74, 6) is 2.08. The maximum atomic E-state index is 7.03. The molecule has 0 saturated carbocycles. The van der Waals surface area contributed by atoms with E-state index >= 15 is 0 Å². The molecule has 1 aliphatic heterocycles. The molecule has 0 spiro atoms. The van der Waals surface area contributed by atoms with E-state index in [1.54, 1.807) is 0 Å². The SMILES string of the molecule is CCCCN(CCCC)P1Oc2c(cc(C)cc2C(C)(C)C)Cc2cc(C)cc(C(C)(C)C)c2O1. The Bertz CT molecular complexity index is 937. The Kier molecular flexibility index (Phi) is 8.98. The molecule has 0 atom stereocenters. The second-order valence-corrected chi connectivity index (χ2v) is 13.8. The van der Waals surface area contributed by atoms with Gasteiger partial charge in [-0.15, -0.1) is 0 Å². The van der Waals surface area contributed by atoms with Gasteiger partial charge in [0.25, 0.3) is 0 Å². The van der Waals surface area contributed by atoms with Gasteiger partial charge in [0.2, 0.25) is 0 Å². The summed E-state index contributed by atoms with van der Waals surface area (Å²) in [6.45, 7) is 24.7. The number of fused-ring (bicyclic) bond motifs is 2. The Labute approximate surface area is 216 Å². The van der Waals surface area contributed by atoms with Crippen LogP contribution >= 0.6 is 8.53 Å². The highest BCUT2D eigenvalue weighted by Crippen LogP contribution is 2.53. The number of rotatable bonds is 7. The van der Waals surface area contributed by atoms with Gasteiger partial charge >= 0.3 is 8.53 Å². The van der Waals surface area contributed by atoms with Crippen LogP contribution in [0.2, 0.25) is 0 Å². The fourth-order valence-corrected chi connectivity index (χ4v) is 6.36. The van der Waals surface area contributed by atoms with Crippen molar-refractivity contribution in [3.05, 3.63) is 57.6 Å². The first kappa shape index (κ1) is 28.0. The van der Waals surface area contributed by atoms with E-state index in [0.717, 1.165) is 56.7 Å². The van der Waals surface area contributed by atoms with Crippen LogP contribution in [-0.2, 0) is 17.3 Å². The van der Waals surface area contributed by atoms with E-state index in [0.29, 0.717) is 0 Å². The van der Waals surface area contributed by atoms with Crippen molar-refractivity contribution in [2.45, 2.75) is 112 Å².